The van der Waals surface area contributed by atoms with E-state index in [2.05, 4.69) is 31.3 Å². The predicted octanol–water partition coefficient (Wildman–Crippen LogP) is 22.0. The van der Waals surface area contributed by atoms with Crippen molar-refractivity contribution in [1.29, 1.82) is 0 Å². The number of nitrogens with one attached hydrogen (secondary N) is 1. The highest BCUT2D eigenvalue weighted by Crippen LogP contribution is 2.19. The summed E-state index contributed by atoms with van der Waals surface area (Å²) in [5.74, 6) is -0.0111. The maximum Gasteiger partial charge on any atom is 0.305 e. The van der Waals surface area contributed by atoms with Gasteiger partial charge in [-0.15, -0.1) is 0 Å². The SMILES string of the molecule is CCCCCCCC/C=C\CCCCCCCCCCCC(=O)OCCCCCCCCCCCCCCCCCCCCCCCCCCCCCCCCC(=O)NC(CO)C(O)CCCCCCCCCCC. The molecule has 2 atom stereocenters. The fourth-order valence-corrected chi connectivity index (χ4v) is 11.1. The van der Waals surface area contributed by atoms with Crippen molar-refractivity contribution < 1.29 is 24.5 Å². The standard InChI is InChI=1S/C69H135NO5/c1-3-5-7-9-11-13-14-15-16-17-30-34-37-40-43-47-51-55-59-63-69(74)75-64-60-56-52-48-44-41-38-35-32-29-27-25-23-21-19-18-20-22-24-26-28-31-33-36-39-42-46-50-54-58-62-68(73)70-66(65-71)67(72)61-57-53-49-45-12-10-8-6-4-2/h15-16,66-67,71-72H,3-14,17-65H2,1-2H3,(H,70,73)/b16-15-. The molecular weight excluding hydrogens is 923 g/mol. The van der Waals surface area contributed by atoms with Gasteiger partial charge in [0, 0.05) is 12.8 Å². The lowest BCUT2D eigenvalue weighted by Crippen LogP contribution is -2.45. The molecule has 2 unspecified atom stereocenters. The minimum absolute atomic E-state index is 0.0204. The molecule has 75 heavy (non-hydrogen) atoms. The molecule has 6 nitrogen and oxygen atoms in total. The molecule has 0 aliphatic rings. The van der Waals surface area contributed by atoms with E-state index < -0.39 is 12.1 Å². The molecule has 0 radical (unpaired) electrons. The van der Waals surface area contributed by atoms with Crippen molar-refractivity contribution in [2.75, 3.05) is 13.2 Å². The number of allylic oxidation sites excluding steroid dienone is 2. The molecular formula is C69H135NO5. The summed E-state index contributed by atoms with van der Waals surface area (Å²) in [6.07, 6.45) is 79.9. The number of aliphatic hydroxyl groups excluding tert-OH is 2. The molecule has 0 spiro atoms. The number of ether oxygens (including phenoxy) is 1. The zero-order valence-corrected chi connectivity index (χ0v) is 51.1. The first kappa shape index (κ1) is 73.6. The number of carbonyl (C=O) groups excluding carboxylic acids is 2. The third-order valence-corrected chi connectivity index (χ3v) is 16.3. The molecule has 0 aromatic carbocycles. The molecule has 446 valence electrons. The first-order valence-electron chi connectivity index (χ1n) is 34.4. The van der Waals surface area contributed by atoms with Crippen molar-refractivity contribution >= 4 is 11.9 Å². The van der Waals surface area contributed by atoms with Gasteiger partial charge in [0.1, 0.15) is 0 Å². The van der Waals surface area contributed by atoms with Crippen molar-refractivity contribution in [1.82, 2.24) is 5.32 Å². The van der Waals surface area contributed by atoms with Crippen molar-refractivity contribution in [3.05, 3.63) is 12.2 Å². The van der Waals surface area contributed by atoms with Crippen molar-refractivity contribution in [2.24, 2.45) is 0 Å². The summed E-state index contributed by atoms with van der Waals surface area (Å²) in [5, 5.41) is 23.1. The Kier molecular flexibility index (Phi) is 63.9. The molecule has 0 aliphatic heterocycles. The molecule has 0 rings (SSSR count). The molecule has 0 saturated heterocycles. The zero-order valence-electron chi connectivity index (χ0n) is 51.1. The average molecular weight is 1060 g/mol. The Morgan fingerprint density at radius 3 is 0.947 bits per heavy atom. The Hall–Kier alpha value is -1.40. The normalized spacial score (nSPS) is 12.5. The number of rotatable bonds is 65. The van der Waals surface area contributed by atoms with Crippen LogP contribution in [0.25, 0.3) is 0 Å². The van der Waals surface area contributed by atoms with E-state index in [9.17, 15) is 19.8 Å². The van der Waals surface area contributed by atoms with Crippen LogP contribution in [0.15, 0.2) is 12.2 Å². The monoisotopic (exact) mass is 1060 g/mol. The zero-order chi connectivity index (χ0) is 54.3. The summed E-state index contributed by atoms with van der Waals surface area (Å²) in [7, 11) is 0. The topological polar surface area (TPSA) is 95.9 Å². The minimum atomic E-state index is -0.658. The van der Waals surface area contributed by atoms with Crippen molar-refractivity contribution in [3.8, 4) is 0 Å². The van der Waals surface area contributed by atoms with E-state index in [4.69, 9.17) is 4.74 Å². The first-order valence-corrected chi connectivity index (χ1v) is 34.4. The summed E-state index contributed by atoms with van der Waals surface area (Å²) < 4.78 is 5.51. The van der Waals surface area contributed by atoms with E-state index in [1.807, 2.05) is 0 Å². The number of amides is 1. The van der Waals surface area contributed by atoms with Crippen LogP contribution in [0.3, 0.4) is 0 Å². The van der Waals surface area contributed by atoms with Crippen LogP contribution in [0.2, 0.25) is 0 Å². The van der Waals surface area contributed by atoms with Gasteiger partial charge in [-0.3, -0.25) is 9.59 Å². The Morgan fingerprint density at radius 1 is 0.360 bits per heavy atom. The quantitative estimate of drug-likeness (QED) is 0.0320. The Balaban J connectivity index is 3.28. The molecule has 0 fully saturated rings. The van der Waals surface area contributed by atoms with Crippen LogP contribution >= 0.6 is 0 Å². The van der Waals surface area contributed by atoms with Crippen LogP contribution in [0, 0.1) is 0 Å². The Labute approximate surface area is 469 Å². The Morgan fingerprint density at radius 2 is 0.627 bits per heavy atom. The Bertz CT molecular complexity index is 1130. The van der Waals surface area contributed by atoms with Gasteiger partial charge in [-0.2, -0.15) is 0 Å². The molecule has 0 saturated carbocycles. The lowest BCUT2D eigenvalue weighted by molar-refractivity contribution is -0.143. The van der Waals surface area contributed by atoms with Crippen LogP contribution in [0.1, 0.15) is 393 Å². The number of unbranched alkanes of at least 4 members (excludes halogenated alkanes) is 52. The van der Waals surface area contributed by atoms with Crippen LogP contribution in [0.5, 0.6) is 0 Å². The van der Waals surface area contributed by atoms with E-state index in [-0.39, 0.29) is 18.5 Å². The largest absolute Gasteiger partial charge is 0.466 e. The second kappa shape index (κ2) is 65.1. The first-order chi connectivity index (χ1) is 37.0. The summed E-state index contributed by atoms with van der Waals surface area (Å²) in [6, 6.07) is -0.535. The fraction of sp³-hybridized carbons (Fsp3) is 0.942. The van der Waals surface area contributed by atoms with Crippen molar-refractivity contribution in [2.45, 2.75) is 405 Å². The number of hydrogen-bond acceptors (Lipinski definition) is 5. The number of aliphatic hydroxyl groups is 2. The highest BCUT2D eigenvalue weighted by Gasteiger charge is 2.20. The molecule has 0 bridgehead atoms. The minimum Gasteiger partial charge on any atom is -0.466 e. The molecule has 0 heterocycles. The molecule has 3 N–H and O–H groups in total. The van der Waals surface area contributed by atoms with Crippen LogP contribution < -0.4 is 5.32 Å². The van der Waals surface area contributed by atoms with Gasteiger partial charge in [0.25, 0.3) is 0 Å². The second-order valence-corrected chi connectivity index (χ2v) is 23.9. The highest BCUT2D eigenvalue weighted by atomic mass is 16.5. The summed E-state index contributed by atoms with van der Waals surface area (Å²) in [5.41, 5.74) is 0. The van der Waals surface area contributed by atoms with Gasteiger partial charge in [-0.1, -0.05) is 341 Å². The molecule has 1 amide bonds. The summed E-state index contributed by atoms with van der Waals surface area (Å²) in [4.78, 5) is 24.5. The van der Waals surface area contributed by atoms with Gasteiger partial charge in [0.2, 0.25) is 5.91 Å². The van der Waals surface area contributed by atoms with E-state index >= 15 is 0 Å². The van der Waals surface area contributed by atoms with Gasteiger partial charge >= 0.3 is 5.97 Å². The molecule has 0 aromatic heterocycles. The second-order valence-electron chi connectivity index (χ2n) is 23.9. The molecule has 6 heteroatoms. The van der Waals surface area contributed by atoms with Crippen LogP contribution in [-0.4, -0.2) is 47.4 Å². The van der Waals surface area contributed by atoms with E-state index in [1.165, 1.54) is 321 Å². The average Bonchev–Trinajstić information content (AvgIpc) is 3.41. The van der Waals surface area contributed by atoms with Gasteiger partial charge in [-0.25, -0.2) is 0 Å². The van der Waals surface area contributed by atoms with Gasteiger partial charge < -0.3 is 20.3 Å². The van der Waals surface area contributed by atoms with E-state index in [0.29, 0.717) is 25.9 Å². The molecule has 0 aromatic rings. The smallest absolute Gasteiger partial charge is 0.305 e. The third-order valence-electron chi connectivity index (χ3n) is 16.3. The van der Waals surface area contributed by atoms with Gasteiger partial charge in [0.15, 0.2) is 0 Å². The summed E-state index contributed by atoms with van der Waals surface area (Å²) >= 11 is 0. The predicted molar refractivity (Wildman–Crippen MR) is 329 cm³/mol. The van der Waals surface area contributed by atoms with Gasteiger partial charge in [-0.05, 0) is 51.4 Å². The van der Waals surface area contributed by atoms with E-state index in [0.717, 1.165) is 38.5 Å². The fourth-order valence-electron chi connectivity index (χ4n) is 11.1. The lowest BCUT2D eigenvalue weighted by Gasteiger charge is -2.22. The molecule has 0 aliphatic carbocycles. The van der Waals surface area contributed by atoms with Gasteiger partial charge in [0.05, 0.1) is 25.4 Å². The number of carbonyl (C=O) groups is 2. The lowest BCUT2D eigenvalue weighted by atomic mass is 10.0. The van der Waals surface area contributed by atoms with E-state index in [1.54, 1.807) is 0 Å². The van der Waals surface area contributed by atoms with Crippen molar-refractivity contribution in [3.63, 3.8) is 0 Å². The van der Waals surface area contributed by atoms with Crippen LogP contribution in [-0.2, 0) is 14.3 Å². The highest BCUT2D eigenvalue weighted by molar-refractivity contribution is 5.76. The third kappa shape index (κ3) is 61.7. The summed E-state index contributed by atoms with van der Waals surface area (Å²) in [6.45, 7) is 4.96. The number of esters is 1. The number of hydrogen-bond donors (Lipinski definition) is 3. The van der Waals surface area contributed by atoms with Crippen LogP contribution in [0.4, 0.5) is 0 Å². The maximum atomic E-state index is 12.4. The maximum absolute atomic E-state index is 12.4.